The van der Waals surface area contributed by atoms with E-state index in [0.29, 0.717) is 5.56 Å². The summed E-state index contributed by atoms with van der Waals surface area (Å²) in [6.45, 7) is 0.848. The van der Waals surface area contributed by atoms with Crippen LogP contribution >= 0.6 is 0 Å². The largest absolute Gasteiger partial charge is 0.479 e. The fourth-order valence-corrected chi connectivity index (χ4v) is 1.69. The second kappa shape index (κ2) is 5.54. The Balaban J connectivity index is 2.38. The number of nitrogens with zero attached hydrogens (tertiary/aromatic N) is 1. The van der Waals surface area contributed by atoms with E-state index in [-0.39, 0.29) is 16.7 Å². The summed E-state index contributed by atoms with van der Waals surface area (Å²) >= 11 is 0. The average Bonchev–Trinajstić information content (AvgIpc) is 2.36. The SMILES string of the molecule is Cc1cc(C(=O)NOCC(=O)O)nc2[nH]c(=O)[nH]c(=O)c12. The van der Waals surface area contributed by atoms with Crippen molar-refractivity contribution in [1.29, 1.82) is 0 Å². The van der Waals surface area contributed by atoms with Crippen LogP contribution in [0.5, 0.6) is 0 Å². The maximum absolute atomic E-state index is 11.7. The maximum Gasteiger partial charge on any atom is 0.332 e. The molecule has 10 heteroatoms. The lowest BCUT2D eigenvalue weighted by atomic mass is 10.1. The molecule has 110 valence electrons. The Morgan fingerprint density at radius 2 is 2.10 bits per heavy atom. The number of fused-ring (bicyclic) bond motifs is 1. The van der Waals surface area contributed by atoms with Crippen LogP contribution in [0.3, 0.4) is 0 Å². The van der Waals surface area contributed by atoms with Crippen molar-refractivity contribution in [2.45, 2.75) is 6.92 Å². The van der Waals surface area contributed by atoms with Gasteiger partial charge in [-0.2, -0.15) is 0 Å². The summed E-state index contributed by atoms with van der Waals surface area (Å²) in [5.41, 5.74) is 0.758. The van der Waals surface area contributed by atoms with Crippen molar-refractivity contribution in [3.63, 3.8) is 0 Å². The second-order valence-electron chi connectivity index (χ2n) is 4.07. The van der Waals surface area contributed by atoms with Crippen molar-refractivity contribution in [3.8, 4) is 0 Å². The van der Waals surface area contributed by atoms with E-state index in [2.05, 4.69) is 19.8 Å². The molecule has 21 heavy (non-hydrogen) atoms. The molecule has 2 heterocycles. The number of carboxylic acid groups (broad SMARTS) is 1. The summed E-state index contributed by atoms with van der Waals surface area (Å²) in [5.74, 6) is -2.06. The Hall–Kier alpha value is -3.01. The van der Waals surface area contributed by atoms with Gasteiger partial charge in [0.25, 0.3) is 11.5 Å². The topological polar surface area (TPSA) is 154 Å². The van der Waals surface area contributed by atoms with Gasteiger partial charge in [-0.05, 0) is 18.6 Å². The molecular weight excluding hydrogens is 284 g/mol. The van der Waals surface area contributed by atoms with Crippen LogP contribution in [0.4, 0.5) is 0 Å². The average molecular weight is 294 g/mol. The molecule has 10 nitrogen and oxygen atoms in total. The number of nitrogens with one attached hydrogen (secondary N) is 3. The van der Waals surface area contributed by atoms with E-state index in [1.165, 1.54) is 6.07 Å². The lowest BCUT2D eigenvalue weighted by Gasteiger charge is -2.06. The van der Waals surface area contributed by atoms with Crippen LogP contribution in [0.15, 0.2) is 15.7 Å². The van der Waals surface area contributed by atoms with E-state index in [1.807, 2.05) is 5.48 Å². The number of amides is 1. The molecule has 0 saturated heterocycles. The van der Waals surface area contributed by atoms with Gasteiger partial charge in [-0.1, -0.05) is 0 Å². The summed E-state index contributed by atoms with van der Waals surface area (Å²) in [7, 11) is 0. The molecule has 0 aliphatic carbocycles. The smallest absolute Gasteiger partial charge is 0.332 e. The van der Waals surface area contributed by atoms with Crippen molar-refractivity contribution < 1.29 is 19.5 Å². The van der Waals surface area contributed by atoms with Gasteiger partial charge in [0.2, 0.25) is 0 Å². The van der Waals surface area contributed by atoms with Gasteiger partial charge in [0.05, 0.1) is 5.39 Å². The zero-order chi connectivity index (χ0) is 15.6. The number of hydroxylamine groups is 1. The van der Waals surface area contributed by atoms with Gasteiger partial charge in [0, 0.05) is 0 Å². The van der Waals surface area contributed by atoms with E-state index in [9.17, 15) is 19.2 Å². The number of aromatic nitrogens is 3. The predicted octanol–water partition coefficient (Wildman–Crippen LogP) is -1.33. The molecule has 0 unspecified atom stereocenters. The zero-order valence-corrected chi connectivity index (χ0v) is 10.7. The molecule has 0 fully saturated rings. The number of rotatable bonds is 4. The first-order chi connectivity index (χ1) is 9.88. The van der Waals surface area contributed by atoms with E-state index < -0.39 is 29.7 Å². The van der Waals surface area contributed by atoms with Gasteiger partial charge >= 0.3 is 11.7 Å². The number of hydrogen-bond donors (Lipinski definition) is 4. The summed E-state index contributed by atoms with van der Waals surface area (Å²) < 4.78 is 0. The number of carbonyl (C=O) groups is 2. The number of aliphatic carboxylic acids is 1. The molecule has 0 atom stereocenters. The van der Waals surface area contributed by atoms with Gasteiger partial charge in [-0.15, -0.1) is 0 Å². The van der Waals surface area contributed by atoms with Crippen molar-refractivity contribution in [2.75, 3.05) is 6.61 Å². The Morgan fingerprint density at radius 1 is 1.38 bits per heavy atom. The fourth-order valence-electron chi connectivity index (χ4n) is 1.69. The highest BCUT2D eigenvalue weighted by Crippen LogP contribution is 2.10. The van der Waals surface area contributed by atoms with Crippen LogP contribution in [0, 0.1) is 6.92 Å². The summed E-state index contributed by atoms with van der Waals surface area (Å²) in [6.07, 6.45) is 0. The summed E-state index contributed by atoms with van der Waals surface area (Å²) in [5, 5.41) is 8.52. The highest BCUT2D eigenvalue weighted by atomic mass is 16.7. The molecule has 0 spiro atoms. The van der Waals surface area contributed by atoms with Gasteiger partial charge in [0.1, 0.15) is 11.3 Å². The molecule has 0 saturated carbocycles. The third kappa shape index (κ3) is 3.12. The monoisotopic (exact) mass is 294 g/mol. The first kappa shape index (κ1) is 14.4. The third-order valence-electron chi connectivity index (χ3n) is 2.50. The van der Waals surface area contributed by atoms with Crippen LogP contribution in [0.25, 0.3) is 11.0 Å². The molecule has 0 aliphatic rings. The third-order valence-corrected chi connectivity index (χ3v) is 2.50. The lowest BCUT2D eigenvalue weighted by molar-refractivity contribution is -0.144. The molecule has 2 rings (SSSR count). The summed E-state index contributed by atoms with van der Waals surface area (Å²) in [6, 6.07) is 1.31. The number of carboxylic acids is 1. The van der Waals surface area contributed by atoms with Crippen LogP contribution < -0.4 is 16.7 Å². The molecular formula is C11H10N4O6. The van der Waals surface area contributed by atoms with E-state index in [4.69, 9.17) is 5.11 Å². The molecule has 0 bridgehead atoms. The molecule has 1 amide bonds. The normalized spacial score (nSPS) is 10.5. The highest BCUT2D eigenvalue weighted by Gasteiger charge is 2.13. The highest BCUT2D eigenvalue weighted by molar-refractivity contribution is 5.94. The number of hydrogen-bond acceptors (Lipinski definition) is 6. The molecule has 0 radical (unpaired) electrons. The van der Waals surface area contributed by atoms with Gasteiger partial charge in [-0.3, -0.25) is 24.4 Å². The predicted molar refractivity (Wildman–Crippen MR) is 68.8 cm³/mol. The van der Waals surface area contributed by atoms with E-state index >= 15 is 0 Å². The first-order valence-corrected chi connectivity index (χ1v) is 5.66. The van der Waals surface area contributed by atoms with Gasteiger partial charge in [0.15, 0.2) is 6.61 Å². The molecule has 2 aromatic rings. The number of aromatic amines is 2. The minimum atomic E-state index is -1.26. The first-order valence-electron chi connectivity index (χ1n) is 5.66. The minimum Gasteiger partial charge on any atom is -0.479 e. The Labute approximate surface area is 115 Å². The van der Waals surface area contributed by atoms with Crippen LogP contribution in [-0.4, -0.2) is 38.5 Å². The Kier molecular flexibility index (Phi) is 3.80. The molecule has 0 aromatic carbocycles. The molecule has 0 aliphatic heterocycles. The number of carbonyl (C=O) groups excluding carboxylic acids is 1. The fraction of sp³-hybridized carbons (Fsp3) is 0.182. The summed E-state index contributed by atoms with van der Waals surface area (Å²) in [4.78, 5) is 57.4. The molecule has 4 N–H and O–H groups in total. The number of aryl methyl sites for hydroxylation is 1. The zero-order valence-electron chi connectivity index (χ0n) is 10.7. The van der Waals surface area contributed by atoms with Crippen molar-refractivity contribution in [1.82, 2.24) is 20.4 Å². The van der Waals surface area contributed by atoms with Crippen LogP contribution in [0.2, 0.25) is 0 Å². The quantitative estimate of drug-likeness (QED) is 0.509. The van der Waals surface area contributed by atoms with Crippen molar-refractivity contribution >= 4 is 22.9 Å². The number of H-pyrrole nitrogens is 2. The standard InChI is InChI=1S/C11H10N4O6/c1-4-2-5(9(18)15-21-3-6(16)17)12-8-7(4)10(19)14-11(20)13-8/h2H,3H2,1H3,(H,15,18)(H,16,17)(H2,12,13,14,19,20). The van der Waals surface area contributed by atoms with E-state index in [0.717, 1.165) is 0 Å². The Morgan fingerprint density at radius 3 is 2.76 bits per heavy atom. The van der Waals surface area contributed by atoms with Crippen LogP contribution in [0.1, 0.15) is 16.1 Å². The van der Waals surface area contributed by atoms with Crippen LogP contribution in [-0.2, 0) is 9.63 Å². The van der Waals surface area contributed by atoms with Crippen molar-refractivity contribution in [3.05, 3.63) is 38.2 Å². The lowest BCUT2D eigenvalue weighted by Crippen LogP contribution is -2.28. The number of pyridine rings is 1. The van der Waals surface area contributed by atoms with E-state index in [1.54, 1.807) is 6.92 Å². The maximum atomic E-state index is 11.7. The van der Waals surface area contributed by atoms with Crippen molar-refractivity contribution in [2.24, 2.45) is 0 Å². The second-order valence-corrected chi connectivity index (χ2v) is 4.07. The van der Waals surface area contributed by atoms with Gasteiger partial charge < -0.3 is 5.11 Å². The Bertz CT molecular complexity index is 837. The molecule has 2 aromatic heterocycles. The van der Waals surface area contributed by atoms with Gasteiger partial charge in [-0.25, -0.2) is 20.1 Å². The minimum absolute atomic E-state index is 0.0489.